The maximum atomic E-state index is 13.9. The summed E-state index contributed by atoms with van der Waals surface area (Å²) in [5.74, 6) is -0.802. The summed E-state index contributed by atoms with van der Waals surface area (Å²) in [5, 5.41) is 4.00. The number of halogens is 2. The third-order valence-corrected chi connectivity index (χ3v) is 6.46. The Hall–Kier alpha value is -1.81. The lowest BCUT2D eigenvalue weighted by Crippen LogP contribution is -2.48. The molecule has 1 aromatic carbocycles. The van der Waals surface area contributed by atoms with Gasteiger partial charge < -0.3 is 24.4 Å². The van der Waals surface area contributed by atoms with Crippen LogP contribution in [0.4, 0.5) is 9.18 Å². The largest absolute Gasteiger partial charge is 0.444 e. The Labute approximate surface area is 210 Å². The van der Waals surface area contributed by atoms with Crippen molar-refractivity contribution in [2.45, 2.75) is 58.0 Å². The molecular weight excluding hydrogens is 483 g/mol. The van der Waals surface area contributed by atoms with E-state index in [1.54, 1.807) is 0 Å². The Morgan fingerprint density at radius 3 is 2.56 bits per heavy atom. The number of thioether (sulfide) groups is 1. The molecule has 7 nitrogen and oxygen atoms in total. The van der Waals surface area contributed by atoms with Crippen molar-refractivity contribution in [3.63, 3.8) is 0 Å². The number of benzene rings is 1. The molecular formula is C24H34ClFN2O5S. The molecule has 0 bridgehead atoms. The van der Waals surface area contributed by atoms with Gasteiger partial charge in [-0.2, -0.15) is 0 Å². The number of rotatable bonds is 9. The van der Waals surface area contributed by atoms with Crippen LogP contribution in [0.15, 0.2) is 28.8 Å². The molecule has 190 valence electrons. The molecule has 1 N–H and O–H groups in total. The summed E-state index contributed by atoms with van der Waals surface area (Å²) in [6.07, 6.45) is 1.99. The second-order valence-corrected chi connectivity index (χ2v) is 10.2. The maximum Gasteiger partial charge on any atom is 0.407 e. The van der Waals surface area contributed by atoms with Crippen molar-refractivity contribution < 1.29 is 28.2 Å². The summed E-state index contributed by atoms with van der Waals surface area (Å²) in [5.41, 5.74) is 0.302. The van der Waals surface area contributed by atoms with Gasteiger partial charge in [0.05, 0.1) is 5.03 Å². The van der Waals surface area contributed by atoms with Crippen molar-refractivity contribution in [2.24, 2.45) is 0 Å². The number of carbonyl (C=O) groups is 2. The van der Waals surface area contributed by atoms with Crippen LogP contribution in [0.25, 0.3) is 0 Å². The lowest BCUT2D eigenvalue weighted by Gasteiger charge is -2.37. The number of ether oxygens (including phenoxy) is 3. The molecule has 34 heavy (non-hydrogen) atoms. The second kappa shape index (κ2) is 12.8. The van der Waals surface area contributed by atoms with Gasteiger partial charge in [0.15, 0.2) is 0 Å². The number of hydrogen-bond donors (Lipinski definition) is 1. The minimum atomic E-state index is -1.11. The highest BCUT2D eigenvalue weighted by Gasteiger charge is 2.31. The molecule has 0 aliphatic carbocycles. The van der Waals surface area contributed by atoms with Crippen molar-refractivity contribution in [1.82, 2.24) is 10.2 Å². The van der Waals surface area contributed by atoms with Crippen molar-refractivity contribution >= 4 is 35.2 Å². The fraction of sp³-hybridized carbons (Fsp3) is 0.583. The highest BCUT2D eigenvalue weighted by atomic mass is 35.5. The highest BCUT2D eigenvalue weighted by molar-refractivity contribution is 8.02. The summed E-state index contributed by atoms with van der Waals surface area (Å²) in [6, 6.07) is 3.92. The Morgan fingerprint density at radius 1 is 1.29 bits per heavy atom. The molecule has 1 saturated heterocycles. The first-order valence-electron chi connectivity index (χ1n) is 11.0. The molecule has 1 heterocycles. The van der Waals surface area contributed by atoms with Crippen LogP contribution in [0.1, 0.15) is 39.2 Å². The fourth-order valence-electron chi connectivity index (χ4n) is 3.79. The van der Waals surface area contributed by atoms with Gasteiger partial charge in [-0.05, 0) is 63.6 Å². The standard InChI is InChI=1S/C24H34ClFN2O5S/c1-24(2,3)33-23(30)27-17-8-7-11-28(14-17)21(34-6)18(20(29)22(31-4)32-5)13-15-12-16(26)9-10-19(15)25/h9-10,12,17,22H,7-8,11,13-14H2,1-6H3,(H,27,30)/b21-18-/t17-/m1/s1. The van der Waals surface area contributed by atoms with E-state index >= 15 is 0 Å². The molecule has 1 fully saturated rings. The number of likely N-dealkylation sites (tertiary alicyclic amines) is 1. The minimum Gasteiger partial charge on any atom is -0.444 e. The molecule has 0 unspecified atom stereocenters. The van der Waals surface area contributed by atoms with Gasteiger partial charge in [0.2, 0.25) is 12.1 Å². The van der Waals surface area contributed by atoms with E-state index < -0.39 is 23.8 Å². The highest BCUT2D eigenvalue weighted by Crippen LogP contribution is 2.31. The predicted octanol–water partition coefficient (Wildman–Crippen LogP) is 4.77. The zero-order valence-corrected chi connectivity index (χ0v) is 22.1. The van der Waals surface area contributed by atoms with Crippen LogP contribution in [0.3, 0.4) is 0 Å². The Morgan fingerprint density at radius 2 is 1.97 bits per heavy atom. The van der Waals surface area contributed by atoms with E-state index in [-0.39, 0.29) is 18.2 Å². The van der Waals surface area contributed by atoms with E-state index in [4.69, 9.17) is 25.8 Å². The second-order valence-electron chi connectivity index (χ2n) is 9.00. The molecule has 1 aliphatic heterocycles. The van der Waals surface area contributed by atoms with Crippen LogP contribution in [-0.2, 0) is 25.4 Å². The van der Waals surface area contributed by atoms with E-state index in [1.165, 1.54) is 44.2 Å². The Balaban J connectivity index is 2.38. The van der Waals surface area contributed by atoms with E-state index in [0.717, 1.165) is 12.8 Å². The third-order valence-electron chi connectivity index (χ3n) is 5.20. The number of Topliss-reactive ketones (excluding diaryl/α,β-unsaturated/α-hetero) is 1. The van der Waals surface area contributed by atoms with Gasteiger partial charge in [0, 0.05) is 50.4 Å². The molecule has 2 rings (SSSR count). The molecule has 0 spiro atoms. The molecule has 0 radical (unpaired) electrons. The van der Waals surface area contributed by atoms with Crippen LogP contribution in [-0.4, -0.2) is 68.3 Å². The smallest absolute Gasteiger partial charge is 0.407 e. The molecule has 1 amide bonds. The number of hydrogen-bond acceptors (Lipinski definition) is 7. The summed E-state index contributed by atoms with van der Waals surface area (Å²) in [4.78, 5) is 27.7. The number of methoxy groups -OCH3 is 2. The van der Waals surface area contributed by atoms with Crippen molar-refractivity contribution in [1.29, 1.82) is 0 Å². The number of amides is 1. The third kappa shape index (κ3) is 8.15. The van der Waals surface area contributed by atoms with Gasteiger partial charge in [-0.25, -0.2) is 9.18 Å². The molecule has 1 aliphatic rings. The fourth-order valence-corrected chi connectivity index (χ4v) is 4.81. The average molecular weight is 517 g/mol. The summed E-state index contributed by atoms with van der Waals surface area (Å²) >= 11 is 7.72. The van der Waals surface area contributed by atoms with Crippen LogP contribution in [0, 0.1) is 5.82 Å². The number of carbonyl (C=O) groups excluding carboxylic acids is 2. The first kappa shape index (κ1) is 28.4. The molecule has 1 aromatic rings. The molecule has 1 atom stereocenters. The van der Waals surface area contributed by atoms with Crippen LogP contribution in [0.2, 0.25) is 5.02 Å². The lowest BCUT2D eigenvalue weighted by atomic mass is 10.00. The van der Waals surface area contributed by atoms with E-state index in [2.05, 4.69) is 10.2 Å². The maximum absolute atomic E-state index is 13.9. The van der Waals surface area contributed by atoms with Crippen molar-refractivity contribution in [2.75, 3.05) is 33.6 Å². The van der Waals surface area contributed by atoms with E-state index in [9.17, 15) is 14.0 Å². The Kier molecular flexibility index (Phi) is 10.7. The number of piperidine rings is 1. The molecule has 0 saturated carbocycles. The predicted molar refractivity (Wildman–Crippen MR) is 132 cm³/mol. The molecule has 10 heteroatoms. The number of ketones is 1. The lowest BCUT2D eigenvalue weighted by molar-refractivity contribution is -0.152. The van der Waals surface area contributed by atoms with Crippen molar-refractivity contribution in [3.8, 4) is 0 Å². The van der Waals surface area contributed by atoms with Crippen LogP contribution >= 0.6 is 23.4 Å². The summed E-state index contributed by atoms with van der Waals surface area (Å²) in [6.45, 7) is 6.62. The van der Waals surface area contributed by atoms with Gasteiger partial charge in [0.25, 0.3) is 0 Å². The zero-order chi connectivity index (χ0) is 25.5. The Bertz CT molecular complexity index is 902. The summed E-state index contributed by atoms with van der Waals surface area (Å²) in [7, 11) is 2.78. The minimum absolute atomic E-state index is 0.107. The number of nitrogens with zero attached hydrogens (tertiary/aromatic N) is 1. The quantitative estimate of drug-likeness (QED) is 0.374. The normalized spacial score (nSPS) is 17.4. The van der Waals surface area contributed by atoms with Gasteiger partial charge in [0.1, 0.15) is 11.4 Å². The monoisotopic (exact) mass is 516 g/mol. The first-order chi connectivity index (χ1) is 16.0. The van der Waals surface area contributed by atoms with E-state index in [1.807, 2.05) is 27.0 Å². The van der Waals surface area contributed by atoms with E-state index in [0.29, 0.717) is 34.3 Å². The van der Waals surface area contributed by atoms with Gasteiger partial charge in [-0.3, -0.25) is 4.79 Å². The van der Waals surface area contributed by atoms with Gasteiger partial charge in [-0.15, -0.1) is 11.8 Å². The van der Waals surface area contributed by atoms with Crippen LogP contribution < -0.4 is 5.32 Å². The first-order valence-corrected chi connectivity index (χ1v) is 12.6. The topological polar surface area (TPSA) is 77.1 Å². The van der Waals surface area contributed by atoms with Crippen LogP contribution in [0.5, 0.6) is 0 Å². The van der Waals surface area contributed by atoms with Gasteiger partial charge in [-0.1, -0.05) is 11.6 Å². The average Bonchev–Trinajstić information content (AvgIpc) is 2.75. The SMILES string of the molecule is COC(OC)C(=O)/C(Cc1cc(F)ccc1Cl)=C(\SC)N1CCC[C@@H](NC(=O)OC(C)(C)C)C1. The molecule has 0 aromatic heterocycles. The number of alkyl carbamates (subject to hydrolysis) is 1. The van der Waals surface area contributed by atoms with Crippen molar-refractivity contribution in [3.05, 3.63) is 45.2 Å². The number of nitrogens with one attached hydrogen (secondary N) is 1. The zero-order valence-electron chi connectivity index (χ0n) is 20.6. The van der Waals surface area contributed by atoms with Gasteiger partial charge >= 0.3 is 6.09 Å². The summed E-state index contributed by atoms with van der Waals surface area (Å²) < 4.78 is 29.8.